The molecular formula is C17H16Cl2N6O. The van der Waals surface area contributed by atoms with Crippen LogP contribution < -0.4 is 10.6 Å². The van der Waals surface area contributed by atoms with Gasteiger partial charge in [0.15, 0.2) is 0 Å². The normalized spacial score (nSPS) is 11.8. The molecule has 0 saturated carbocycles. The van der Waals surface area contributed by atoms with Crippen LogP contribution in [0.5, 0.6) is 0 Å². The third kappa shape index (κ3) is 4.12. The van der Waals surface area contributed by atoms with Crippen LogP contribution in [0.15, 0.2) is 42.7 Å². The molecule has 0 bridgehead atoms. The van der Waals surface area contributed by atoms with Crippen LogP contribution in [0.2, 0.25) is 10.0 Å². The van der Waals surface area contributed by atoms with E-state index in [0.717, 1.165) is 16.8 Å². The van der Waals surface area contributed by atoms with Crippen LogP contribution in [0.3, 0.4) is 0 Å². The van der Waals surface area contributed by atoms with Gasteiger partial charge < -0.3 is 10.6 Å². The Hall–Kier alpha value is -2.64. The minimum Gasteiger partial charge on any atom is -0.331 e. The second-order valence-electron chi connectivity index (χ2n) is 5.74. The Morgan fingerprint density at radius 2 is 2.00 bits per heavy atom. The van der Waals surface area contributed by atoms with Gasteiger partial charge in [0.25, 0.3) is 0 Å². The third-order valence-corrected chi connectivity index (χ3v) is 4.40. The SMILES string of the molecule is Cc1ccc(NC(=O)N[C@H](C)c2ccc(Cl)cc2Cl)cc1-n1cnnn1. The first-order valence-corrected chi connectivity index (χ1v) is 8.56. The van der Waals surface area contributed by atoms with Crippen LogP contribution in [0.4, 0.5) is 10.5 Å². The molecule has 0 aliphatic rings. The van der Waals surface area contributed by atoms with Crippen molar-refractivity contribution in [2.24, 2.45) is 0 Å². The number of anilines is 1. The highest BCUT2D eigenvalue weighted by Gasteiger charge is 2.14. The van der Waals surface area contributed by atoms with Gasteiger partial charge in [-0.05, 0) is 59.7 Å². The van der Waals surface area contributed by atoms with Gasteiger partial charge in [0.1, 0.15) is 6.33 Å². The predicted molar refractivity (Wildman–Crippen MR) is 101 cm³/mol. The summed E-state index contributed by atoms with van der Waals surface area (Å²) in [5.41, 5.74) is 3.16. The second kappa shape index (κ2) is 7.72. The Balaban J connectivity index is 1.71. The minimum atomic E-state index is -0.352. The number of hydrogen-bond donors (Lipinski definition) is 2. The molecule has 0 spiro atoms. The summed E-state index contributed by atoms with van der Waals surface area (Å²) in [7, 11) is 0. The van der Waals surface area contributed by atoms with E-state index in [1.807, 2.05) is 26.0 Å². The molecule has 0 unspecified atom stereocenters. The van der Waals surface area contributed by atoms with Gasteiger partial charge in [0.05, 0.1) is 11.7 Å². The second-order valence-corrected chi connectivity index (χ2v) is 6.59. The number of halogens is 2. The number of amides is 2. The summed E-state index contributed by atoms with van der Waals surface area (Å²) < 4.78 is 1.54. The number of hydrogen-bond acceptors (Lipinski definition) is 4. The fourth-order valence-corrected chi connectivity index (χ4v) is 3.07. The molecule has 0 aliphatic carbocycles. The molecule has 1 heterocycles. The topological polar surface area (TPSA) is 84.7 Å². The molecule has 0 fully saturated rings. The highest BCUT2D eigenvalue weighted by atomic mass is 35.5. The van der Waals surface area contributed by atoms with Crippen LogP contribution in [-0.2, 0) is 0 Å². The Kier molecular flexibility index (Phi) is 5.39. The highest BCUT2D eigenvalue weighted by molar-refractivity contribution is 6.35. The molecular weight excluding hydrogens is 375 g/mol. The lowest BCUT2D eigenvalue weighted by molar-refractivity contribution is 0.249. The Morgan fingerprint density at radius 3 is 2.69 bits per heavy atom. The summed E-state index contributed by atoms with van der Waals surface area (Å²) in [6.45, 7) is 3.78. The van der Waals surface area contributed by atoms with Crippen molar-refractivity contribution in [3.63, 3.8) is 0 Å². The average Bonchev–Trinajstić information content (AvgIpc) is 3.10. The maximum absolute atomic E-state index is 12.3. The van der Waals surface area contributed by atoms with E-state index < -0.39 is 0 Å². The molecule has 0 aliphatic heterocycles. The molecule has 2 amide bonds. The Labute approximate surface area is 160 Å². The number of nitrogens with one attached hydrogen (secondary N) is 2. The minimum absolute atomic E-state index is 0.288. The van der Waals surface area contributed by atoms with E-state index in [1.54, 1.807) is 24.3 Å². The molecule has 3 rings (SSSR count). The molecule has 2 aromatic carbocycles. The number of nitrogens with zero attached hydrogens (tertiary/aromatic N) is 4. The standard InChI is InChI=1S/C17H16Cl2N6O/c1-10-3-5-13(8-16(10)25-9-20-23-24-25)22-17(26)21-11(2)14-6-4-12(18)7-15(14)19/h3-9,11H,1-2H3,(H2,21,22,26)/t11-/m1/s1. The fraction of sp³-hybridized carbons (Fsp3) is 0.176. The predicted octanol–water partition coefficient (Wildman–Crippen LogP) is 4.16. The number of urea groups is 1. The van der Waals surface area contributed by atoms with Crippen molar-refractivity contribution < 1.29 is 4.79 Å². The number of benzene rings is 2. The van der Waals surface area contributed by atoms with E-state index in [9.17, 15) is 4.79 Å². The summed E-state index contributed by atoms with van der Waals surface area (Å²) in [6, 6.07) is 10.0. The maximum atomic E-state index is 12.3. The highest BCUT2D eigenvalue weighted by Crippen LogP contribution is 2.26. The zero-order chi connectivity index (χ0) is 18.7. The molecule has 1 atom stereocenters. The van der Waals surface area contributed by atoms with Crippen LogP contribution in [0, 0.1) is 6.92 Å². The molecule has 134 valence electrons. The molecule has 26 heavy (non-hydrogen) atoms. The van der Waals surface area contributed by atoms with Gasteiger partial charge in [-0.25, -0.2) is 9.48 Å². The first-order chi connectivity index (χ1) is 12.4. The van der Waals surface area contributed by atoms with Crippen LogP contribution in [-0.4, -0.2) is 26.2 Å². The third-order valence-electron chi connectivity index (χ3n) is 3.84. The zero-order valence-electron chi connectivity index (χ0n) is 14.1. The van der Waals surface area contributed by atoms with Crippen LogP contribution in [0.25, 0.3) is 5.69 Å². The van der Waals surface area contributed by atoms with Crippen molar-refractivity contribution in [1.82, 2.24) is 25.5 Å². The molecule has 2 N–H and O–H groups in total. The van der Waals surface area contributed by atoms with E-state index in [-0.39, 0.29) is 12.1 Å². The fourth-order valence-electron chi connectivity index (χ4n) is 2.50. The molecule has 3 aromatic rings. The monoisotopic (exact) mass is 390 g/mol. The van der Waals surface area contributed by atoms with Crippen molar-refractivity contribution in [3.8, 4) is 5.69 Å². The maximum Gasteiger partial charge on any atom is 0.319 e. The van der Waals surface area contributed by atoms with Crippen molar-refractivity contribution in [3.05, 3.63) is 63.9 Å². The molecule has 0 saturated heterocycles. The number of carbonyl (C=O) groups is 1. The number of carbonyl (C=O) groups excluding carboxylic acids is 1. The molecule has 0 radical (unpaired) electrons. The van der Waals surface area contributed by atoms with E-state index in [4.69, 9.17) is 23.2 Å². The molecule has 1 aromatic heterocycles. The Bertz CT molecular complexity index is 929. The van der Waals surface area contributed by atoms with E-state index in [0.29, 0.717) is 15.7 Å². The van der Waals surface area contributed by atoms with Gasteiger partial charge in [-0.2, -0.15) is 0 Å². The first kappa shape index (κ1) is 18.2. The lowest BCUT2D eigenvalue weighted by atomic mass is 10.1. The van der Waals surface area contributed by atoms with Gasteiger partial charge in [0.2, 0.25) is 0 Å². The first-order valence-electron chi connectivity index (χ1n) is 7.80. The quantitative estimate of drug-likeness (QED) is 0.700. The lowest BCUT2D eigenvalue weighted by Gasteiger charge is -2.17. The van der Waals surface area contributed by atoms with E-state index in [1.165, 1.54) is 11.0 Å². The van der Waals surface area contributed by atoms with Crippen molar-refractivity contribution >= 4 is 34.9 Å². The smallest absolute Gasteiger partial charge is 0.319 e. The average molecular weight is 391 g/mol. The van der Waals surface area contributed by atoms with Gasteiger partial charge in [-0.15, -0.1) is 5.10 Å². The summed E-state index contributed by atoms with van der Waals surface area (Å²) in [6.07, 6.45) is 1.50. The number of rotatable bonds is 4. The number of aryl methyl sites for hydroxylation is 1. The molecule has 9 heteroatoms. The van der Waals surface area contributed by atoms with Gasteiger partial charge >= 0.3 is 6.03 Å². The summed E-state index contributed by atoms with van der Waals surface area (Å²) >= 11 is 12.1. The van der Waals surface area contributed by atoms with E-state index >= 15 is 0 Å². The summed E-state index contributed by atoms with van der Waals surface area (Å²) in [4.78, 5) is 12.3. The van der Waals surface area contributed by atoms with Gasteiger partial charge in [-0.3, -0.25) is 0 Å². The van der Waals surface area contributed by atoms with Crippen molar-refractivity contribution in [2.75, 3.05) is 5.32 Å². The Morgan fingerprint density at radius 1 is 1.19 bits per heavy atom. The zero-order valence-corrected chi connectivity index (χ0v) is 15.6. The number of tetrazole rings is 1. The van der Waals surface area contributed by atoms with Gasteiger partial charge in [-0.1, -0.05) is 35.3 Å². The summed E-state index contributed by atoms with van der Waals surface area (Å²) in [5, 5.41) is 17.8. The summed E-state index contributed by atoms with van der Waals surface area (Å²) in [5.74, 6) is 0. The lowest BCUT2D eigenvalue weighted by Crippen LogP contribution is -2.31. The van der Waals surface area contributed by atoms with Crippen LogP contribution in [0.1, 0.15) is 24.1 Å². The van der Waals surface area contributed by atoms with Crippen molar-refractivity contribution in [1.29, 1.82) is 0 Å². The molecule has 7 nitrogen and oxygen atoms in total. The largest absolute Gasteiger partial charge is 0.331 e. The van der Waals surface area contributed by atoms with Crippen molar-refractivity contribution in [2.45, 2.75) is 19.9 Å². The van der Waals surface area contributed by atoms with Crippen LogP contribution >= 0.6 is 23.2 Å². The number of aromatic nitrogens is 4. The van der Waals surface area contributed by atoms with Gasteiger partial charge in [0, 0.05) is 15.7 Å². The van der Waals surface area contributed by atoms with E-state index in [2.05, 4.69) is 26.2 Å².